The van der Waals surface area contributed by atoms with E-state index in [2.05, 4.69) is 29.6 Å². The Morgan fingerprint density at radius 2 is 1.58 bits per heavy atom. The zero-order chi connectivity index (χ0) is 16.6. The fraction of sp³-hybridized carbons (Fsp3) is 0.0952. The summed E-state index contributed by atoms with van der Waals surface area (Å²) in [4.78, 5) is 12.1. The lowest BCUT2D eigenvalue weighted by molar-refractivity contribution is -0.116. The Morgan fingerprint density at radius 3 is 2.12 bits per heavy atom. The van der Waals surface area contributed by atoms with Crippen LogP contribution in [0.15, 0.2) is 89.7 Å². The van der Waals surface area contributed by atoms with Crippen LogP contribution in [0.25, 0.3) is 6.08 Å². The van der Waals surface area contributed by atoms with Gasteiger partial charge in [-0.2, -0.15) is 0 Å². The van der Waals surface area contributed by atoms with Crippen LogP contribution in [0.1, 0.15) is 22.6 Å². The van der Waals surface area contributed by atoms with Gasteiger partial charge < -0.3 is 9.73 Å². The normalized spacial score (nSPS) is 11.0. The molecule has 3 rings (SSSR count). The van der Waals surface area contributed by atoms with E-state index in [1.54, 1.807) is 24.7 Å². The molecule has 0 fully saturated rings. The molecular weight excluding hydrogens is 298 g/mol. The second-order valence-corrected chi connectivity index (χ2v) is 5.51. The molecule has 0 unspecified atom stereocenters. The number of rotatable bonds is 6. The van der Waals surface area contributed by atoms with Gasteiger partial charge in [0.25, 0.3) is 0 Å². The molecule has 1 N–H and O–H groups in total. The molecule has 24 heavy (non-hydrogen) atoms. The second kappa shape index (κ2) is 7.97. The molecule has 0 saturated carbocycles. The topological polar surface area (TPSA) is 42.2 Å². The number of carbonyl (C=O) groups is 1. The van der Waals surface area contributed by atoms with Gasteiger partial charge in [-0.05, 0) is 23.3 Å². The summed E-state index contributed by atoms with van der Waals surface area (Å²) in [7, 11) is 0. The molecule has 120 valence electrons. The predicted molar refractivity (Wildman–Crippen MR) is 95.5 cm³/mol. The fourth-order valence-corrected chi connectivity index (χ4v) is 2.60. The first-order chi connectivity index (χ1) is 11.8. The minimum Gasteiger partial charge on any atom is -0.472 e. The molecular formula is C21H19NO2. The Hall–Kier alpha value is -3.07. The van der Waals surface area contributed by atoms with E-state index >= 15 is 0 Å². The van der Waals surface area contributed by atoms with Gasteiger partial charge in [0.15, 0.2) is 0 Å². The van der Waals surface area contributed by atoms with Crippen molar-refractivity contribution in [3.05, 3.63) is 102 Å². The molecule has 3 nitrogen and oxygen atoms in total. The number of benzene rings is 2. The largest absolute Gasteiger partial charge is 0.472 e. The highest BCUT2D eigenvalue weighted by Crippen LogP contribution is 2.23. The highest BCUT2D eigenvalue weighted by atomic mass is 16.3. The maximum atomic E-state index is 12.1. The van der Waals surface area contributed by atoms with Crippen molar-refractivity contribution < 1.29 is 9.21 Å². The van der Waals surface area contributed by atoms with Gasteiger partial charge in [0.2, 0.25) is 5.91 Å². The van der Waals surface area contributed by atoms with Crippen LogP contribution in [0.2, 0.25) is 0 Å². The SMILES string of the molecule is O=C(C=Cc1ccoc1)NCC(c1ccccc1)c1ccccc1. The van der Waals surface area contributed by atoms with Crippen molar-refractivity contribution in [1.82, 2.24) is 5.32 Å². The number of hydrogen-bond acceptors (Lipinski definition) is 2. The van der Waals surface area contributed by atoms with Crippen molar-refractivity contribution in [3.63, 3.8) is 0 Å². The third-order valence-corrected chi connectivity index (χ3v) is 3.85. The predicted octanol–water partition coefficient (Wildman–Crippen LogP) is 4.24. The van der Waals surface area contributed by atoms with Crippen LogP contribution in [0, 0.1) is 0 Å². The molecule has 0 aliphatic carbocycles. The molecule has 0 aliphatic rings. The highest BCUT2D eigenvalue weighted by molar-refractivity contribution is 5.91. The molecule has 1 heterocycles. The summed E-state index contributed by atoms with van der Waals surface area (Å²) >= 11 is 0. The van der Waals surface area contributed by atoms with Gasteiger partial charge in [0.1, 0.15) is 0 Å². The summed E-state index contributed by atoms with van der Waals surface area (Å²) in [5.41, 5.74) is 3.23. The first-order valence-electron chi connectivity index (χ1n) is 7.91. The summed E-state index contributed by atoms with van der Waals surface area (Å²) in [6, 6.07) is 22.2. The van der Waals surface area contributed by atoms with Gasteiger partial charge in [-0.25, -0.2) is 0 Å². The second-order valence-electron chi connectivity index (χ2n) is 5.51. The lowest BCUT2D eigenvalue weighted by atomic mass is 9.91. The maximum Gasteiger partial charge on any atom is 0.244 e. The van der Waals surface area contributed by atoms with E-state index in [9.17, 15) is 4.79 Å². The average Bonchev–Trinajstić information content (AvgIpc) is 3.16. The average molecular weight is 317 g/mol. The number of carbonyl (C=O) groups excluding carboxylic acids is 1. The smallest absolute Gasteiger partial charge is 0.244 e. The molecule has 1 aromatic heterocycles. The summed E-state index contributed by atoms with van der Waals surface area (Å²) in [6.07, 6.45) is 6.44. The Bertz CT molecular complexity index is 738. The van der Waals surface area contributed by atoms with Gasteiger partial charge in [-0.1, -0.05) is 60.7 Å². The molecule has 2 aromatic carbocycles. The first-order valence-corrected chi connectivity index (χ1v) is 7.91. The van der Waals surface area contributed by atoms with E-state index in [-0.39, 0.29) is 11.8 Å². The van der Waals surface area contributed by atoms with Crippen molar-refractivity contribution in [2.24, 2.45) is 0 Å². The standard InChI is InChI=1S/C21H19NO2/c23-21(12-11-17-13-14-24-16-17)22-15-20(18-7-3-1-4-8-18)19-9-5-2-6-10-19/h1-14,16,20H,15H2,(H,22,23). The quantitative estimate of drug-likeness (QED) is 0.691. The van der Waals surface area contributed by atoms with Crippen molar-refractivity contribution in [1.29, 1.82) is 0 Å². The number of furan rings is 1. The van der Waals surface area contributed by atoms with Crippen molar-refractivity contribution in [3.8, 4) is 0 Å². The summed E-state index contributed by atoms with van der Waals surface area (Å²) in [5, 5.41) is 2.99. The third-order valence-electron chi connectivity index (χ3n) is 3.85. The van der Waals surface area contributed by atoms with Gasteiger partial charge >= 0.3 is 0 Å². The third kappa shape index (κ3) is 4.23. The van der Waals surface area contributed by atoms with E-state index in [1.807, 2.05) is 36.4 Å². The monoisotopic (exact) mass is 317 g/mol. The summed E-state index contributed by atoms with van der Waals surface area (Å²) < 4.78 is 4.98. The lowest BCUT2D eigenvalue weighted by Crippen LogP contribution is -2.27. The Morgan fingerprint density at radius 1 is 0.958 bits per heavy atom. The van der Waals surface area contributed by atoms with Crippen LogP contribution in [-0.2, 0) is 4.79 Å². The Labute approximate surface area is 141 Å². The summed E-state index contributed by atoms with van der Waals surface area (Å²) in [5.74, 6) is 0.00624. The Kier molecular flexibility index (Phi) is 5.25. The zero-order valence-corrected chi connectivity index (χ0v) is 13.3. The molecule has 0 radical (unpaired) electrons. The lowest BCUT2D eigenvalue weighted by Gasteiger charge is -2.18. The number of amides is 1. The van der Waals surface area contributed by atoms with E-state index in [4.69, 9.17) is 4.42 Å². The Balaban J connectivity index is 1.70. The number of nitrogens with one attached hydrogen (secondary N) is 1. The molecule has 0 aliphatic heterocycles. The molecule has 0 bridgehead atoms. The molecule has 3 aromatic rings. The van der Waals surface area contributed by atoms with Crippen LogP contribution >= 0.6 is 0 Å². The van der Waals surface area contributed by atoms with Crippen molar-refractivity contribution in [2.75, 3.05) is 6.54 Å². The maximum absolute atomic E-state index is 12.1. The van der Waals surface area contributed by atoms with Gasteiger partial charge in [-0.3, -0.25) is 4.79 Å². The van der Waals surface area contributed by atoms with Gasteiger partial charge in [0.05, 0.1) is 12.5 Å². The van der Waals surface area contributed by atoms with Crippen LogP contribution in [0.3, 0.4) is 0 Å². The van der Waals surface area contributed by atoms with Crippen molar-refractivity contribution in [2.45, 2.75) is 5.92 Å². The van der Waals surface area contributed by atoms with Crippen LogP contribution < -0.4 is 5.32 Å². The van der Waals surface area contributed by atoms with Gasteiger partial charge in [-0.15, -0.1) is 0 Å². The minimum absolute atomic E-state index is 0.118. The zero-order valence-electron chi connectivity index (χ0n) is 13.3. The van der Waals surface area contributed by atoms with E-state index < -0.39 is 0 Å². The van der Waals surface area contributed by atoms with Gasteiger partial charge in [0, 0.05) is 24.1 Å². The van der Waals surface area contributed by atoms with Crippen LogP contribution in [0.4, 0.5) is 0 Å². The molecule has 1 amide bonds. The van der Waals surface area contributed by atoms with E-state index in [0.29, 0.717) is 6.54 Å². The fourth-order valence-electron chi connectivity index (χ4n) is 2.60. The molecule has 3 heteroatoms. The van der Waals surface area contributed by atoms with Crippen LogP contribution in [-0.4, -0.2) is 12.5 Å². The summed E-state index contributed by atoms with van der Waals surface area (Å²) in [6.45, 7) is 0.544. The highest BCUT2D eigenvalue weighted by Gasteiger charge is 2.14. The molecule has 0 atom stereocenters. The molecule has 0 saturated heterocycles. The van der Waals surface area contributed by atoms with Crippen molar-refractivity contribution >= 4 is 12.0 Å². The van der Waals surface area contributed by atoms with E-state index in [1.165, 1.54) is 17.2 Å². The van der Waals surface area contributed by atoms with Crippen LogP contribution in [0.5, 0.6) is 0 Å². The minimum atomic E-state index is -0.118. The first kappa shape index (κ1) is 15.8. The van der Waals surface area contributed by atoms with E-state index in [0.717, 1.165) is 5.56 Å². The number of hydrogen-bond donors (Lipinski definition) is 1. The molecule has 0 spiro atoms.